The Kier molecular flexibility index (Phi) is 6.75. The van der Waals surface area contributed by atoms with Gasteiger partial charge in [0.2, 0.25) is 0 Å². The van der Waals surface area contributed by atoms with E-state index in [1.165, 1.54) is 24.5 Å². The van der Waals surface area contributed by atoms with Gasteiger partial charge in [-0.3, -0.25) is 13.9 Å². The molecule has 7 nitrogen and oxygen atoms in total. The van der Waals surface area contributed by atoms with E-state index in [0.717, 1.165) is 23.7 Å². The Labute approximate surface area is 129 Å². The molecule has 0 fully saturated rings. The Balaban J connectivity index is 0.000000295. The largest absolute Gasteiger partial charge is 0.332 e. The molecule has 0 saturated heterocycles. The lowest BCUT2D eigenvalue weighted by molar-refractivity contribution is -0.107. The van der Waals surface area contributed by atoms with E-state index in [-0.39, 0.29) is 11.2 Å². The maximum Gasteiger partial charge on any atom is 0.332 e. The average Bonchev–Trinajstić information content (AvgIpc) is 2.96. The zero-order chi connectivity index (χ0) is 16.7. The Bertz CT molecular complexity index is 740. The maximum atomic E-state index is 11.8. The number of aldehydes is 1. The van der Waals surface area contributed by atoms with Gasteiger partial charge in [-0.25, -0.2) is 9.78 Å². The van der Waals surface area contributed by atoms with Gasteiger partial charge in [0, 0.05) is 27.1 Å². The van der Waals surface area contributed by atoms with Crippen LogP contribution in [0.15, 0.2) is 15.9 Å². The number of rotatable bonds is 5. The quantitative estimate of drug-likeness (QED) is 0.614. The number of aryl methyl sites for hydroxylation is 2. The van der Waals surface area contributed by atoms with Crippen LogP contribution >= 0.6 is 0 Å². The number of unbranched alkanes of at least 4 members (excludes halogenated alkanes) is 3. The Morgan fingerprint density at radius 1 is 1.14 bits per heavy atom. The molecule has 22 heavy (non-hydrogen) atoms. The first-order valence-corrected chi connectivity index (χ1v) is 7.54. The highest BCUT2D eigenvalue weighted by atomic mass is 16.2. The van der Waals surface area contributed by atoms with Gasteiger partial charge in [0.1, 0.15) is 6.29 Å². The molecule has 0 aliphatic heterocycles. The molecule has 0 radical (unpaired) electrons. The molecule has 0 amide bonds. The van der Waals surface area contributed by atoms with E-state index in [2.05, 4.69) is 11.9 Å². The number of nitrogens with zero attached hydrogens (tertiary/aromatic N) is 4. The predicted octanol–water partition coefficient (Wildman–Crippen LogP) is 1.22. The van der Waals surface area contributed by atoms with Gasteiger partial charge in [-0.05, 0) is 13.3 Å². The highest BCUT2D eigenvalue weighted by molar-refractivity contribution is 5.69. The third-order valence-electron chi connectivity index (χ3n) is 3.48. The van der Waals surface area contributed by atoms with Gasteiger partial charge in [0.25, 0.3) is 5.56 Å². The van der Waals surface area contributed by atoms with Crippen molar-refractivity contribution < 1.29 is 4.79 Å². The molecule has 0 spiro atoms. The molecular formula is C15H24N4O3. The number of fused-ring (bicyclic) bond motifs is 1. The second-order valence-corrected chi connectivity index (χ2v) is 5.07. The number of imidazole rings is 1. The van der Waals surface area contributed by atoms with Crippen molar-refractivity contribution in [3.05, 3.63) is 27.2 Å². The zero-order valence-electron chi connectivity index (χ0n) is 13.7. The van der Waals surface area contributed by atoms with Crippen LogP contribution in [0.1, 0.15) is 39.5 Å². The summed E-state index contributed by atoms with van der Waals surface area (Å²) in [6.45, 7) is 4.71. The molecule has 2 rings (SSSR count). The van der Waals surface area contributed by atoms with Crippen molar-refractivity contribution in [2.24, 2.45) is 14.1 Å². The molecule has 0 aliphatic rings. The van der Waals surface area contributed by atoms with E-state index in [1.807, 2.05) is 6.92 Å². The molecule has 0 unspecified atom stereocenters. The summed E-state index contributed by atoms with van der Waals surface area (Å²) in [5, 5.41) is 0. The molecule has 0 atom stereocenters. The second-order valence-electron chi connectivity index (χ2n) is 5.07. The fourth-order valence-electron chi connectivity index (χ4n) is 2.11. The van der Waals surface area contributed by atoms with Gasteiger partial charge >= 0.3 is 5.69 Å². The summed E-state index contributed by atoms with van der Waals surface area (Å²) in [7, 11) is 3.08. The predicted molar refractivity (Wildman–Crippen MR) is 86.1 cm³/mol. The van der Waals surface area contributed by atoms with Crippen LogP contribution in [-0.2, 0) is 25.4 Å². The first-order chi connectivity index (χ1) is 10.5. The number of aromatic nitrogens is 4. The smallest absolute Gasteiger partial charge is 0.325 e. The van der Waals surface area contributed by atoms with Gasteiger partial charge in [0.05, 0.1) is 6.33 Å². The van der Waals surface area contributed by atoms with Crippen LogP contribution in [-0.4, -0.2) is 25.0 Å². The lowest BCUT2D eigenvalue weighted by Gasteiger charge is -2.04. The molecule has 0 N–H and O–H groups in total. The van der Waals surface area contributed by atoms with E-state index in [1.54, 1.807) is 17.9 Å². The molecule has 122 valence electrons. The van der Waals surface area contributed by atoms with Crippen LogP contribution in [0.4, 0.5) is 0 Å². The second kappa shape index (κ2) is 8.31. The fraction of sp³-hybridized carbons (Fsp3) is 0.600. The van der Waals surface area contributed by atoms with Crippen LogP contribution in [0.25, 0.3) is 11.2 Å². The summed E-state index contributed by atoms with van der Waals surface area (Å²) < 4.78 is 4.20. The molecule has 2 aromatic rings. The van der Waals surface area contributed by atoms with Gasteiger partial charge in [-0.1, -0.05) is 19.8 Å². The summed E-state index contributed by atoms with van der Waals surface area (Å²) in [4.78, 5) is 37.2. The maximum absolute atomic E-state index is 11.8. The molecule has 2 aromatic heterocycles. The minimum Gasteiger partial charge on any atom is -0.325 e. The molecule has 7 heteroatoms. The standard InChI is InChI=1S/C9H12N4O2.C6H12O/c1-4-13-5-10-7-6(13)8(14)12(3)9(15)11(7)2;1-2-3-4-5-6-7/h5H,4H2,1-3H3;6H,2-5H2,1H3. The molecule has 0 saturated carbocycles. The third kappa shape index (κ3) is 3.72. The van der Waals surface area contributed by atoms with Crippen molar-refractivity contribution in [3.63, 3.8) is 0 Å². The van der Waals surface area contributed by atoms with Crippen molar-refractivity contribution in [2.45, 2.75) is 46.1 Å². The first kappa shape index (κ1) is 17.9. The number of carbonyl (C=O) groups excluding carboxylic acids is 1. The lowest BCUT2D eigenvalue weighted by atomic mass is 10.2. The Hall–Kier alpha value is -2.18. The molecule has 2 heterocycles. The molecule has 0 aromatic carbocycles. The van der Waals surface area contributed by atoms with Crippen molar-refractivity contribution in [1.29, 1.82) is 0 Å². The van der Waals surface area contributed by atoms with Crippen LogP contribution in [0.3, 0.4) is 0 Å². The lowest BCUT2D eigenvalue weighted by Crippen LogP contribution is -2.37. The summed E-state index contributed by atoms with van der Waals surface area (Å²) in [5.41, 5.74) is 0.258. The van der Waals surface area contributed by atoms with Crippen LogP contribution in [0.5, 0.6) is 0 Å². The summed E-state index contributed by atoms with van der Waals surface area (Å²) in [6, 6.07) is 0. The van der Waals surface area contributed by atoms with Gasteiger partial charge in [-0.2, -0.15) is 0 Å². The average molecular weight is 308 g/mol. The SMILES string of the molecule is CCCCCC=O.CCn1cnc2c1c(=O)n(C)c(=O)n2C. The summed E-state index contributed by atoms with van der Waals surface area (Å²) in [6.07, 6.45) is 6.77. The van der Waals surface area contributed by atoms with Crippen molar-refractivity contribution in [1.82, 2.24) is 18.7 Å². The van der Waals surface area contributed by atoms with Crippen molar-refractivity contribution in [3.8, 4) is 0 Å². The van der Waals surface area contributed by atoms with Crippen molar-refractivity contribution >= 4 is 17.5 Å². The highest BCUT2D eigenvalue weighted by Crippen LogP contribution is 2.04. The Morgan fingerprint density at radius 3 is 2.36 bits per heavy atom. The molecule has 0 aliphatic carbocycles. The minimum absolute atomic E-state index is 0.299. The van der Waals surface area contributed by atoms with Crippen LogP contribution in [0.2, 0.25) is 0 Å². The van der Waals surface area contributed by atoms with Gasteiger partial charge in [-0.15, -0.1) is 0 Å². The normalized spacial score (nSPS) is 10.4. The van der Waals surface area contributed by atoms with Gasteiger partial charge in [0.15, 0.2) is 11.2 Å². The van der Waals surface area contributed by atoms with Gasteiger partial charge < -0.3 is 9.36 Å². The Morgan fingerprint density at radius 2 is 1.82 bits per heavy atom. The number of carbonyl (C=O) groups is 1. The fourth-order valence-corrected chi connectivity index (χ4v) is 2.11. The van der Waals surface area contributed by atoms with Crippen LogP contribution in [0, 0.1) is 0 Å². The molecule has 0 bridgehead atoms. The summed E-state index contributed by atoms with van der Waals surface area (Å²) in [5.74, 6) is 0. The molecular weight excluding hydrogens is 284 g/mol. The third-order valence-corrected chi connectivity index (χ3v) is 3.48. The van der Waals surface area contributed by atoms with Crippen molar-refractivity contribution in [2.75, 3.05) is 0 Å². The monoisotopic (exact) mass is 308 g/mol. The van der Waals surface area contributed by atoms with Crippen LogP contribution < -0.4 is 11.2 Å². The number of hydrogen-bond acceptors (Lipinski definition) is 4. The van der Waals surface area contributed by atoms with E-state index >= 15 is 0 Å². The zero-order valence-corrected chi connectivity index (χ0v) is 13.7. The number of hydrogen-bond donors (Lipinski definition) is 0. The van der Waals surface area contributed by atoms with E-state index < -0.39 is 0 Å². The highest BCUT2D eigenvalue weighted by Gasteiger charge is 2.12. The van der Waals surface area contributed by atoms with E-state index in [4.69, 9.17) is 0 Å². The topological polar surface area (TPSA) is 78.9 Å². The van der Waals surface area contributed by atoms with E-state index in [0.29, 0.717) is 17.7 Å². The van der Waals surface area contributed by atoms with E-state index in [9.17, 15) is 14.4 Å². The first-order valence-electron chi connectivity index (χ1n) is 7.54. The summed E-state index contributed by atoms with van der Waals surface area (Å²) >= 11 is 0. The minimum atomic E-state index is -0.353.